The van der Waals surface area contributed by atoms with Gasteiger partial charge in [-0.3, -0.25) is 0 Å². The molecule has 0 saturated carbocycles. The lowest BCUT2D eigenvalue weighted by Crippen LogP contribution is -2.19. The molecule has 0 aliphatic rings. The molecule has 0 spiro atoms. The van der Waals surface area contributed by atoms with E-state index in [4.69, 9.17) is 0 Å². The van der Waals surface area contributed by atoms with Gasteiger partial charge in [0.1, 0.15) is 12.4 Å². The van der Waals surface area contributed by atoms with Gasteiger partial charge in [-0.15, -0.1) is 0 Å². The number of halogens is 1. The van der Waals surface area contributed by atoms with Crippen LogP contribution in [-0.4, -0.2) is 13.1 Å². The van der Waals surface area contributed by atoms with Crippen molar-refractivity contribution >= 4 is 6.09 Å². The average Bonchev–Trinajstić information content (AvgIpc) is 2.16. The van der Waals surface area contributed by atoms with Crippen LogP contribution in [0.1, 0.15) is 5.56 Å². The van der Waals surface area contributed by atoms with Crippen molar-refractivity contribution < 1.29 is 13.9 Å². The molecule has 1 aromatic rings. The normalized spacial score (nSPS) is 9.38. The van der Waals surface area contributed by atoms with Gasteiger partial charge in [0, 0.05) is 12.6 Å². The number of hydrogen-bond donors (Lipinski definition) is 1. The minimum absolute atomic E-state index is 0.0493. The number of rotatable bonds is 2. The molecule has 0 aliphatic carbocycles. The summed E-state index contributed by atoms with van der Waals surface area (Å²) in [4.78, 5) is 10.6. The lowest BCUT2D eigenvalue weighted by Gasteiger charge is -2.04. The van der Waals surface area contributed by atoms with Crippen LogP contribution in [0.3, 0.4) is 0 Å². The third-order valence-corrected chi connectivity index (χ3v) is 1.52. The van der Waals surface area contributed by atoms with Gasteiger partial charge in [-0.25, -0.2) is 9.18 Å². The molecule has 13 heavy (non-hydrogen) atoms. The van der Waals surface area contributed by atoms with Gasteiger partial charge in [-0.1, -0.05) is 18.2 Å². The highest BCUT2D eigenvalue weighted by Crippen LogP contribution is 2.07. The smallest absolute Gasteiger partial charge is 0.407 e. The van der Waals surface area contributed by atoms with E-state index in [9.17, 15) is 9.18 Å². The Morgan fingerprint density at radius 3 is 2.85 bits per heavy atom. The van der Waals surface area contributed by atoms with Gasteiger partial charge < -0.3 is 10.1 Å². The van der Waals surface area contributed by atoms with Crippen LogP contribution < -0.4 is 5.32 Å². The SMILES string of the molecule is CNC(=O)OCc1ccccc1F. The Balaban J connectivity index is 2.54. The third kappa shape index (κ3) is 2.74. The van der Waals surface area contributed by atoms with Crippen molar-refractivity contribution in [2.45, 2.75) is 6.61 Å². The number of nitrogens with one attached hydrogen (secondary N) is 1. The Hall–Kier alpha value is -1.58. The summed E-state index contributed by atoms with van der Waals surface area (Å²) in [5.41, 5.74) is 0.367. The van der Waals surface area contributed by atoms with E-state index < -0.39 is 6.09 Å². The summed E-state index contributed by atoms with van der Waals surface area (Å²) in [7, 11) is 1.45. The van der Waals surface area contributed by atoms with Gasteiger partial charge in [0.2, 0.25) is 0 Å². The van der Waals surface area contributed by atoms with E-state index in [-0.39, 0.29) is 12.4 Å². The Bertz CT molecular complexity index is 301. The van der Waals surface area contributed by atoms with Crippen molar-refractivity contribution in [1.29, 1.82) is 0 Å². The van der Waals surface area contributed by atoms with Crippen molar-refractivity contribution in [3.05, 3.63) is 35.6 Å². The zero-order valence-electron chi connectivity index (χ0n) is 7.21. The molecular weight excluding hydrogens is 173 g/mol. The van der Waals surface area contributed by atoms with Crippen molar-refractivity contribution in [3.8, 4) is 0 Å². The maximum atomic E-state index is 12.9. The van der Waals surface area contributed by atoms with Crippen LogP contribution in [0.4, 0.5) is 9.18 Å². The first kappa shape index (κ1) is 9.51. The van der Waals surface area contributed by atoms with Gasteiger partial charge in [-0.2, -0.15) is 0 Å². The lowest BCUT2D eigenvalue weighted by atomic mass is 10.2. The van der Waals surface area contributed by atoms with Crippen molar-refractivity contribution in [1.82, 2.24) is 5.32 Å². The predicted octanol–water partition coefficient (Wildman–Crippen LogP) is 1.68. The van der Waals surface area contributed by atoms with Gasteiger partial charge in [-0.05, 0) is 6.07 Å². The standard InChI is InChI=1S/C9H10FNO2/c1-11-9(12)13-6-7-4-2-3-5-8(7)10/h2-5H,6H2,1H3,(H,11,12). The monoisotopic (exact) mass is 183 g/mol. The van der Waals surface area contributed by atoms with Crippen LogP contribution in [0.15, 0.2) is 24.3 Å². The Kier molecular flexibility index (Phi) is 3.25. The molecule has 0 unspecified atom stereocenters. The molecule has 0 bridgehead atoms. The lowest BCUT2D eigenvalue weighted by molar-refractivity contribution is 0.140. The van der Waals surface area contributed by atoms with E-state index in [1.54, 1.807) is 18.2 Å². The number of carbonyl (C=O) groups is 1. The second kappa shape index (κ2) is 4.45. The third-order valence-electron chi connectivity index (χ3n) is 1.52. The molecule has 0 radical (unpaired) electrons. The van der Waals surface area contributed by atoms with Crippen LogP contribution in [-0.2, 0) is 11.3 Å². The predicted molar refractivity (Wildman–Crippen MR) is 45.6 cm³/mol. The molecule has 0 aliphatic heterocycles. The second-order valence-electron chi connectivity index (χ2n) is 2.42. The van der Waals surface area contributed by atoms with E-state index in [1.807, 2.05) is 0 Å². The highest BCUT2D eigenvalue weighted by molar-refractivity contribution is 5.66. The number of benzene rings is 1. The topological polar surface area (TPSA) is 38.3 Å². The van der Waals surface area contributed by atoms with Gasteiger partial charge in [0.15, 0.2) is 0 Å². The molecule has 1 amide bonds. The minimum atomic E-state index is -0.566. The Morgan fingerprint density at radius 2 is 2.23 bits per heavy atom. The second-order valence-corrected chi connectivity index (χ2v) is 2.42. The van der Waals surface area contributed by atoms with Crippen LogP contribution in [0.2, 0.25) is 0 Å². The number of hydrogen-bond acceptors (Lipinski definition) is 2. The van der Waals surface area contributed by atoms with E-state index in [0.717, 1.165) is 0 Å². The van der Waals surface area contributed by atoms with Crippen LogP contribution in [0.25, 0.3) is 0 Å². The van der Waals surface area contributed by atoms with E-state index in [0.29, 0.717) is 5.56 Å². The molecule has 0 atom stereocenters. The van der Waals surface area contributed by atoms with Crippen molar-refractivity contribution in [2.24, 2.45) is 0 Å². The zero-order valence-corrected chi connectivity index (χ0v) is 7.21. The number of amides is 1. The average molecular weight is 183 g/mol. The number of carbonyl (C=O) groups excluding carboxylic acids is 1. The molecule has 4 heteroatoms. The molecule has 0 saturated heterocycles. The summed E-state index contributed by atoms with van der Waals surface area (Å²) in [6.45, 7) is -0.0493. The van der Waals surface area contributed by atoms with Gasteiger partial charge in [0.05, 0.1) is 0 Å². The molecule has 70 valence electrons. The fourth-order valence-electron chi connectivity index (χ4n) is 0.831. The number of alkyl carbamates (subject to hydrolysis) is 1. The molecule has 3 nitrogen and oxygen atoms in total. The maximum Gasteiger partial charge on any atom is 0.407 e. The maximum absolute atomic E-state index is 12.9. The van der Waals surface area contributed by atoms with Gasteiger partial charge in [0.25, 0.3) is 0 Å². The molecule has 0 heterocycles. The first-order valence-corrected chi connectivity index (χ1v) is 3.82. The molecule has 1 N–H and O–H groups in total. The quantitative estimate of drug-likeness (QED) is 0.757. The Morgan fingerprint density at radius 1 is 1.54 bits per heavy atom. The van der Waals surface area contributed by atoms with Crippen LogP contribution >= 0.6 is 0 Å². The fourth-order valence-corrected chi connectivity index (χ4v) is 0.831. The molecule has 1 rings (SSSR count). The number of ether oxygens (including phenoxy) is 1. The van der Waals surface area contributed by atoms with Crippen molar-refractivity contribution in [2.75, 3.05) is 7.05 Å². The Labute approximate surface area is 75.5 Å². The molecular formula is C9H10FNO2. The summed E-state index contributed by atoms with van der Waals surface area (Å²) < 4.78 is 17.6. The summed E-state index contributed by atoms with van der Waals surface area (Å²) >= 11 is 0. The highest BCUT2D eigenvalue weighted by Gasteiger charge is 2.03. The summed E-state index contributed by atoms with van der Waals surface area (Å²) in [5, 5.41) is 2.27. The first-order valence-electron chi connectivity index (χ1n) is 3.82. The van der Waals surface area contributed by atoms with E-state index >= 15 is 0 Å². The largest absolute Gasteiger partial charge is 0.445 e. The summed E-state index contributed by atoms with van der Waals surface area (Å²) in [5.74, 6) is -0.369. The molecule has 1 aromatic carbocycles. The molecule has 0 aromatic heterocycles. The highest BCUT2D eigenvalue weighted by atomic mass is 19.1. The van der Waals surface area contributed by atoms with Crippen LogP contribution in [0.5, 0.6) is 0 Å². The van der Waals surface area contributed by atoms with E-state index in [2.05, 4.69) is 10.1 Å². The summed E-state index contributed by atoms with van der Waals surface area (Å²) in [6, 6.07) is 6.16. The zero-order chi connectivity index (χ0) is 9.68. The van der Waals surface area contributed by atoms with Crippen molar-refractivity contribution in [3.63, 3.8) is 0 Å². The van der Waals surface area contributed by atoms with Crippen LogP contribution in [0, 0.1) is 5.82 Å². The summed E-state index contributed by atoms with van der Waals surface area (Å²) in [6.07, 6.45) is -0.566. The van der Waals surface area contributed by atoms with E-state index in [1.165, 1.54) is 13.1 Å². The van der Waals surface area contributed by atoms with Gasteiger partial charge >= 0.3 is 6.09 Å². The molecule has 0 fully saturated rings. The fraction of sp³-hybridized carbons (Fsp3) is 0.222. The first-order chi connectivity index (χ1) is 6.24. The minimum Gasteiger partial charge on any atom is -0.445 e.